The molecule has 0 bridgehead atoms. The topological polar surface area (TPSA) is 99.1 Å². The fourth-order valence-corrected chi connectivity index (χ4v) is 2.11. The molecular formula is C6H6ClF2N3O2S. The number of hydrogen-bond acceptors (Lipinski definition) is 5. The fraction of sp³-hybridized carbons (Fsp3) is 0.167. The van der Waals surface area contributed by atoms with Gasteiger partial charge in [-0.3, -0.25) is 0 Å². The van der Waals surface area contributed by atoms with Crippen molar-refractivity contribution in [1.82, 2.24) is 4.98 Å². The minimum Gasteiger partial charge on any atom is -0.397 e. The van der Waals surface area contributed by atoms with Gasteiger partial charge >= 0.3 is 0 Å². The van der Waals surface area contributed by atoms with Crippen molar-refractivity contribution in [2.45, 2.75) is 11.3 Å². The van der Waals surface area contributed by atoms with E-state index >= 15 is 0 Å². The van der Waals surface area contributed by atoms with Crippen LogP contribution in [0.25, 0.3) is 0 Å². The Morgan fingerprint density at radius 3 is 2.27 bits per heavy atom. The lowest BCUT2D eigenvalue weighted by Gasteiger charge is -2.07. The third-order valence-electron chi connectivity index (χ3n) is 1.52. The van der Waals surface area contributed by atoms with Crippen molar-refractivity contribution in [3.05, 3.63) is 11.8 Å². The summed E-state index contributed by atoms with van der Waals surface area (Å²) in [5.74, 6) is -0.639. The lowest BCUT2D eigenvalue weighted by atomic mass is 10.3. The number of alkyl halides is 2. The Morgan fingerprint density at radius 2 is 1.93 bits per heavy atom. The molecule has 0 aliphatic rings. The first-order chi connectivity index (χ1) is 6.73. The van der Waals surface area contributed by atoms with Crippen LogP contribution in [0.15, 0.2) is 11.0 Å². The normalized spacial score (nSPS) is 12.0. The van der Waals surface area contributed by atoms with Crippen molar-refractivity contribution in [3.63, 3.8) is 0 Å². The quantitative estimate of drug-likeness (QED) is 0.773. The maximum absolute atomic E-state index is 12.2. The Balaban J connectivity index is 3.48. The minimum atomic E-state index is -4.19. The zero-order valence-corrected chi connectivity index (χ0v) is 8.69. The number of anilines is 2. The van der Waals surface area contributed by atoms with Gasteiger partial charge < -0.3 is 11.5 Å². The molecule has 0 aliphatic heterocycles. The molecule has 15 heavy (non-hydrogen) atoms. The fourth-order valence-electron chi connectivity index (χ4n) is 0.972. The van der Waals surface area contributed by atoms with Crippen LogP contribution in [0, 0.1) is 0 Å². The van der Waals surface area contributed by atoms with E-state index in [2.05, 4.69) is 4.98 Å². The summed E-state index contributed by atoms with van der Waals surface area (Å²) in [7, 11) is 0.794. The van der Waals surface area contributed by atoms with E-state index in [0.29, 0.717) is 0 Å². The molecular weight excluding hydrogens is 252 g/mol. The molecule has 1 aromatic rings. The van der Waals surface area contributed by atoms with Crippen LogP contribution in [0.4, 0.5) is 20.3 Å². The number of halogens is 3. The molecule has 1 heterocycles. The maximum atomic E-state index is 12.2. The van der Waals surface area contributed by atoms with Crippen molar-refractivity contribution in [2.75, 3.05) is 11.5 Å². The molecule has 0 saturated carbocycles. The van der Waals surface area contributed by atoms with Gasteiger partial charge in [0, 0.05) is 10.7 Å². The van der Waals surface area contributed by atoms with Crippen LogP contribution in [-0.4, -0.2) is 13.4 Å². The van der Waals surface area contributed by atoms with E-state index in [9.17, 15) is 17.2 Å². The van der Waals surface area contributed by atoms with E-state index in [1.54, 1.807) is 0 Å². The highest BCUT2D eigenvalue weighted by Crippen LogP contribution is 2.30. The molecule has 1 aromatic heterocycles. The van der Waals surface area contributed by atoms with E-state index in [0.717, 1.165) is 6.07 Å². The summed E-state index contributed by atoms with van der Waals surface area (Å²) in [5, 5.41) is 0. The summed E-state index contributed by atoms with van der Waals surface area (Å²) < 4.78 is 46.3. The molecule has 84 valence electrons. The summed E-state index contributed by atoms with van der Waals surface area (Å²) in [6.07, 6.45) is -2.89. The van der Waals surface area contributed by atoms with Crippen LogP contribution < -0.4 is 11.5 Å². The molecule has 0 atom stereocenters. The van der Waals surface area contributed by atoms with Crippen LogP contribution in [-0.2, 0) is 9.05 Å². The lowest BCUT2D eigenvalue weighted by Crippen LogP contribution is -2.08. The van der Waals surface area contributed by atoms with Crippen LogP contribution in [0.1, 0.15) is 12.1 Å². The van der Waals surface area contributed by atoms with E-state index in [1.165, 1.54) is 0 Å². The molecule has 0 aliphatic carbocycles. The van der Waals surface area contributed by atoms with Crippen molar-refractivity contribution < 1.29 is 17.2 Å². The highest BCUT2D eigenvalue weighted by molar-refractivity contribution is 8.14. The third kappa shape index (κ3) is 2.45. The van der Waals surface area contributed by atoms with E-state index in [-0.39, 0.29) is 0 Å². The number of nitrogen functional groups attached to an aromatic ring is 2. The second-order valence-corrected chi connectivity index (χ2v) is 5.09. The van der Waals surface area contributed by atoms with Gasteiger partial charge in [-0.1, -0.05) is 0 Å². The molecule has 0 unspecified atom stereocenters. The molecule has 0 radical (unpaired) electrons. The van der Waals surface area contributed by atoms with Gasteiger partial charge in [-0.25, -0.2) is 22.2 Å². The lowest BCUT2D eigenvalue weighted by molar-refractivity contribution is 0.146. The van der Waals surface area contributed by atoms with Crippen LogP contribution in [0.2, 0.25) is 0 Å². The van der Waals surface area contributed by atoms with Gasteiger partial charge in [0.05, 0.1) is 5.69 Å². The van der Waals surface area contributed by atoms with Crippen LogP contribution in [0.3, 0.4) is 0 Å². The maximum Gasteiger partial charge on any atom is 0.280 e. The van der Waals surface area contributed by atoms with Crippen LogP contribution >= 0.6 is 10.7 Å². The Kier molecular flexibility index (Phi) is 3.00. The van der Waals surface area contributed by atoms with Gasteiger partial charge in [0.1, 0.15) is 16.4 Å². The SMILES string of the molecule is Nc1cc(C(F)F)nc(N)c1S(=O)(=O)Cl. The van der Waals surface area contributed by atoms with Crippen molar-refractivity contribution >= 4 is 31.2 Å². The molecule has 4 N–H and O–H groups in total. The van der Waals surface area contributed by atoms with Gasteiger partial charge in [0.2, 0.25) is 0 Å². The van der Waals surface area contributed by atoms with Gasteiger partial charge in [-0.2, -0.15) is 0 Å². The largest absolute Gasteiger partial charge is 0.397 e. The van der Waals surface area contributed by atoms with Gasteiger partial charge in [0.15, 0.2) is 0 Å². The minimum absolute atomic E-state index is 0.451. The highest BCUT2D eigenvalue weighted by atomic mass is 35.7. The zero-order valence-electron chi connectivity index (χ0n) is 7.12. The van der Waals surface area contributed by atoms with Crippen molar-refractivity contribution in [2.24, 2.45) is 0 Å². The summed E-state index contributed by atoms with van der Waals surface area (Å²) in [6.45, 7) is 0. The Hall–Kier alpha value is -1.15. The first-order valence-electron chi connectivity index (χ1n) is 3.52. The summed E-state index contributed by atoms with van der Waals surface area (Å²) in [4.78, 5) is 2.54. The number of nitrogens with zero attached hydrogens (tertiary/aromatic N) is 1. The van der Waals surface area contributed by atoms with E-state index in [4.69, 9.17) is 22.1 Å². The number of nitrogens with two attached hydrogens (primary N) is 2. The molecule has 0 amide bonds. The summed E-state index contributed by atoms with van der Waals surface area (Å²) in [6, 6.07) is 0.719. The third-order valence-corrected chi connectivity index (χ3v) is 2.91. The Labute approximate surface area is 88.5 Å². The molecule has 1 rings (SSSR count). The second-order valence-electron chi connectivity index (χ2n) is 2.59. The Morgan fingerprint density at radius 1 is 1.40 bits per heavy atom. The van der Waals surface area contributed by atoms with Crippen molar-refractivity contribution in [3.8, 4) is 0 Å². The number of rotatable bonds is 2. The first kappa shape index (κ1) is 11.9. The van der Waals surface area contributed by atoms with Crippen LogP contribution in [0.5, 0.6) is 0 Å². The highest BCUT2D eigenvalue weighted by Gasteiger charge is 2.22. The predicted octanol–water partition coefficient (Wildman–Crippen LogP) is 1.11. The molecule has 5 nitrogen and oxygen atoms in total. The van der Waals surface area contributed by atoms with Crippen molar-refractivity contribution in [1.29, 1.82) is 0 Å². The summed E-state index contributed by atoms with van der Waals surface area (Å²) >= 11 is 0. The summed E-state index contributed by atoms with van der Waals surface area (Å²) in [5.41, 5.74) is 9.24. The molecule has 0 aromatic carbocycles. The number of pyridine rings is 1. The second kappa shape index (κ2) is 3.78. The molecule has 0 saturated heterocycles. The first-order valence-corrected chi connectivity index (χ1v) is 5.83. The Bertz CT molecular complexity index is 468. The molecule has 0 fully saturated rings. The average molecular weight is 258 g/mol. The molecule has 0 spiro atoms. The molecule has 9 heteroatoms. The predicted molar refractivity (Wildman–Crippen MR) is 51.1 cm³/mol. The average Bonchev–Trinajstić information content (AvgIpc) is 1.99. The number of hydrogen-bond donors (Lipinski definition) is 2. The van der Waals surface area contributed by atoms with Gasteiger partial charge in [-0.05, 0) is 6.07 Å². The van der Waals surface area contributed by atoms with Gasteiger partial charge in [0.25, 0.3) is 15.5 Å². The van der Waals surface area contributed by atoms with E-state index in [1.807, 2.05) is 0 Å². The monoisotopic (exact) mass is 257 g/mol. The number of aromatic nitrogens is 1. The smallest absolute Gasteiger partial charge is 0.280 e. The van der Waals surface area contributed by atoms with E-state index < -0.39 is 37.6 Å². The zero-order chi connectivity index (χ0) is 11.8. The van der Waals surface area contributed by atoms with Gasteiger partial charge in [-0.15, -0.1) is 0 Å². The standard InChI is InChI=1S/C6H6ClF2N3O2S/c7-15(13,14)4-2(10)1-3(5(8)9)12-6(4)11/h1,5H,(H4,10,11,12).